The third-order valence-corrected chi connectivity index (χ3v) is 7.13. The molecule has 0 radical (unpaired) electrons. The van der Waals surface area contributed by atoms with E-state index < -0.39 is 12.0 Å². The maximum Gasteiger partial charge on any atom is 0.307 e. The number of likely N-dealkylation sites (tertiary alicyclic amines) is 1. The van der Waals surface area contributed by atoms with Crippen molar-refractivity contribution in [2.75, 3.05) is 33.9 Å². The first-order chi connectivity index (χ1) is 14.5. The van der Waals surface area contributed by atoms with E-state index in [-0.39, 0.29) is 37.1 Å². The molecule has 5 atom stereocenters. The Hall–Kier alpha value is -1.54. The van der Waals surface area contributed by atoms with Crippen LogP contribution in [0.5, 0.6) is 5.75 Å². The number of nitrogens with two attached hydrogens (primary N) is 1. The molecule has 3 aliphatic heterocycles. The van der Waals surface area contributed by atoms with Crippen LogP contribution in [-0.2, 0) is 14.3 Å². The molecular formula is C23H35Cl2N3O4. The third-order valence-electron chi connectivity index (χ3n) is 7.13. The summed E-state index contributed by atoms with van der Waals surface area (Å²) in [6, 6.07) is 8.60. The molecule has 2 N–H and O–H groups in total. The van der Waals surface area contributed by atoms with Gasteiger partial charge in [-0.05, 0) is 55.2 Å². The van der Waals surface area contributed by atoms with E-state index in [1.54, 1.807) is 7.11 Å². The first-order valence-electron chi connectivity index (χ1n) is 11.0. The minimum atomic E-state index is -0.814. The predicted octanol–water partition coefficient (Wildman–Crippen LogP) is 2.80. The quantitative estimate of drug-likeness (QED) is 0.642. The van der Waals surface area contributed by atoms with Crippen LogP contribution >= 0.6 is 24.8 Å². The lowest BCUT2D eigenvalue weighted by Gasteiger charge is -2.55. The van der Waals surface area contributed by atoms with Crippen molar-refractivity contribution in [3.8, 4) is 5.75 Å². The molecule has 7 nitrogen and oxygen atoms in total. The number of fused-ring (bicyclic) bond motifs is 4. The van der Waals surface area contributed by atoms with Crippen LogP contribution in [0.3, 0.4) is 0 Å². The van der Waals surface area contributed by atoms with Crippen molar-refractivity contribution in [2.45, 2.75) is 50.2 Å². The average molecular weight is 488 g/mol. The Labute approximate surface area is 202 Å². The highest BCUT2D eigenvalue weighted by molar-refractivity contribution is 5.86. The number of benzene rings is 1. The minimum Gasteiger partial charge on any atom is -0.497 e. The fraction of sp³-hybridized carbons (Fsp3) is 0.652. The number of amides is 1. The Morgan fingerprint density at radius 2 is 1.81 bits per heavy atom. The molecule has 180 valence electrons. The van der Waals surface area contributed by atoms with Crippen molar-refractivity contribution >= 4 is 36.7 Å². The van der Waals surface area contributed by atoms with Gasteiger partial charge in [0, 0.05) is 31.7 Å². The van der Waals surface area contributed by atoms with Gasteiger partial charge in [0.2, 0.25) is 5.91 Å². The predicted molar refractivity (Wildman–Crippen MR) is 127 cm³/mol. The largest absolute Gasteiger partial charge is 0.497 e. The second-order valence-corrected chi connectivity index (χ2v) is 8.98. The van der Waals surface area contributed by atoms with Crippen LogP contribution in [-0.4, -0.2) is 67.6 Å². The number of halogens is 2. The zero-order chi connectivity index (χ0) is 21.3. The summed E-state index contributed by atoms with van der Waals surface area (Å²) >= 11 is 0. The van der Waals surface area contributed by atoms with Crippen LogP contribution in [0, 0.1) is 11.8 Å². The van der Waals surface area contributed by atoms with E-state index >= 15 is 0 Å². The molecule has 4 rings (SSSR count). The smallest absolute Gasteiger partial charge is 0.307 e. The summed E-state index contributed by atoms with van der Waals surface area (Å²) in [6.45, 7) is 2.47. The SMILES string of the molecule is COC(=O)C[C@H](N)C(=O)N1C[C@@H]2C[C@H](C1)[C@@H]1CCC[C@H](c3ccc(OC)cc3)N1C2.Cl.Cl. The molecule has 3 saturated heterocycles. The first kappa shape index (κ1) is 26.7. The molecule has 3 heterocycles. The number of nitrogens with zero attached hydrogens (tertiary/aromatic N) is 2. The van der Waals surface area contributed by atoms with E-state index in [0.717, 1.165) is 25.4 Å². The monoisotopic (exact) mass is 487 g/mol. The Kier molecular flexibility index (Phi) is 9.64. The third kappa shape index (κ3) is 5.50. The topological polar surface area (TPSA) is 85.1 Å². The van der Waals surface area contributed by atoms with Gasteiger partial charge in [0.15, 0.2) is 0 Å². The fourth-order valence-corrected chi connectivity index (χ4v) is 5.76. The molecule has 3 aliphatic rings. The summed E-state index contributed by atoms with van der Waals surface area (Å²) in [5.41, 5.74) is 7.37. The number of ether oxygens (including phenoxy) is 2. The van der Waals surface area contributed by atoms with E-state index in [0.29, 0.717) is 23.9 Å². The van der Waals surface area contributed by atoms with E-state index in [9.17, 15) is 9.59 Å². The zero-order valence-electron chi connectivity index (χ0n) is 18.8. The summed E-state index contributed by atoms with van der Waals surface area (Å²) in [5, 5.41) is 0. The van der Waals surface area contributed by atoms with Crippen molar-refractivity contribution in [3.05, 3.63) is 29.8 Å². The molecule has 32 heavy (non-hydrogen) atoms. The van der Waals surface area contributed by atoms with Gasteiger partial charge >= 0.3 is 5.97 Å². The van der Waals surface area contributed by atoms with Crippen LogP contribution < -0.4 is 10.5 Å². The number of carbonyl (C=O) groups is 2. The van der Waals surface area contributed by atoms with Crippen LogP contribution in [0.25, 0.3) is 0 Å². The van der Waals surface area contributed by atoms with Crippen LogP contribution in [0.15, 0.2) is 24.3 Å². The van der Waals surface area contributed by atoms with Gasteiger partial charge in [0.1, 0.15) is 5.75 Å². The second-order valence-electron chi connectivity index (χ2n) is 8.98. The van der Waals surface area contributed by atoms with Gasteiger partial charge in [-0.2, -0.15) is 0 Å². The molecule has 1 amide bonds. The molecule has 1 aromatic carbocycles. The van der Waals surface area contributed by atoms with E-state index in [1.807, 2.05) is 17.0 Å². The standard InChI is InChI=1S/C23H33N3O4.2ClH/c1-29-18-8-6-16(7-9-18)20-4-3-5-21-17-10-15(13-26(20)21)12-25(14-17)23(28)19(24)11-22(27)30-2;;/h6-9,15,17,19-21H,3-5,10-14,24H2,1-2H3;2*1H/t15-,17+,19-,20+,21-;;/m0../s1. The number of esters is 1. The van der Waals surface area contributed by atoms with Crippen LogP contribution in [0.4, 0.5) is 0 Å². The highest BCUT2D eigenvalue weighted by Gasteiger charge is 2.46. The Morgan fingerprint density at radius 1 is 1.09 bits per heavy atom. The van der Waals surface area contributed by atoms with Gasteiger partial charge in [0.05, 0.1) is 26.7 Å². The summed E-state index contributed by atoms with van der Waals surface area (Å²) in [4.78, 5) is 29.0. The van der Waals surface area contributed by atoms with E-state index in [1.165, 1.54) is 38.4 Å². The Bertz CT molecular complexity index is 779. The van der Waals surface area contributed by atoms with Gasteiger partial charge in [-0.25, -0.2) is 0 Å². The van der Waals surface area contributed by atoms with Crippen LogP contribution in [0.1, 0.15) is 43.7 Å². The average Bonchev–Trinajstić information content (AvgIpc) is 2.78. The lowest BCUT2D eigenvalue weighted by atomic mass is 9.73. The first-order valence-corrected chi connectivity index (χ1v) is 11.0. The molecule has 2 bridgehead atoms. The van der Waals surface area contributed by atoms with Gasteiger partial charge in [-0.3, -0.25) is 14.5 Å². The fourth-order valence-electron chi connectivity index (χ4n) is 5.76. The van der Waals surface area contributed by atoms with Gasteiger partial charge in [-0.1, -0.05) is 12.1 Å². The maximum absolute atomic E-state index is 12.9. The zero-order valence-corrected chi connectivity index (χ0v) is 20.4. The number of hydrogen-bond acceptors (Lipinski definition) is 6. The molecular weight excluding hydrogens is 453 g/mol. The van der Waals surface area contributed by atoms with Gasteiger partial charge in [0.25, 0.3) is 0 Å². The number of piperidine rings is 3. The van der Waals surface area contributed by atoms with Crippen molar-refractivity contribution < 1.29 is 19.1 Å². The summed E-state index contributed by atoms with van der Waals surface area (Å²) < 4.78 is 9.99. The van der Waals surface area contributed by atoms with Crippen molar-refractivity contribution in [1.29, 1.82) is 0 Å². The summed E-state index contributed by atoms with van der Waals surface area (Å²) in [5.74, 6) is 1.25. The Balaban J connectivity index is 0.00000181. The molecule has 0 aliphatic carbocycles. The number of methoxy groups -OCH3 is 2. The molecule has 0 aromatic heterocycles. The second kappa shape index (κ2) is 11.5. The molecule has 0 unspecified atom stereocenters. The Morgan fingerprint density at radius 3 is 2.47 bits per heavy atom. The minimum absolute atomic E-state index is 0. The lowest BCUT2D eigenvalue weighted by molar-refractivity contribution is -0.147. The molecule has 1 aromatic rings. The van der Waals surface area contributed by atoms with Gasteiger partial charge < -0.3 is 20.1 Å². The lowest BCUT2D eigenvalue weighted by Crippen LogP contribution is -2.61. The van der Waals surface area contributed by atoms with Gasteiger partial charge in [-0.15, -0.1) is 24.8 Å². The number of hydrogen-bond donors (Lipinski definition) is 1. The van der Waals surface area contributed by atoms with Crippen molar-refractivity contribution in [2.24, 2.45) is 17.6 Å². The number of rotatable bonds is 5. The molecule has 0 saturated carbocycles. The number of carbonyl (C=O) groups excluding carboxylic acids is 2. The van der Waals surface area contributed by atoms with Crippen molar-refractivity contribution in [3.63, 3.8) is 0 Å². The van der Waals surface area contributed by atoms with Crippen LogP contribution in [0.2, 0.25) is 0 Å². The van der Waals surface area contributed by atoms with E-state index in [2.05, 4.69) is 21.8 Å². The molecule has 9 heteroatoms. The van der Waals surface area contributed by atoms with Crippen molar-refractivity contribution in [1.82, 2.24) is 9.80 Å². The molecule has 0 spiro atoms. The highest BCUT2D eigenvalue weighted by Crippen LogP contribution is 2.44. The summed E-state index contributed by atoms with van der Waals surface area (Å²) in [6.07, 6.45) is 4.67. The normalized spacial score (nSPS) is 27.8. The summed E-state index contributed by atoms with van der Waals surface area (Å²) in [7, 11) is 3.02. The van der Waals surface area contributed by atoms with E-state index in [4.69, 9.17) is 10.5 Å². The maximum atomic E-state index is 12.9. The highest BCUT2D eigenvalue weighted by atomic mass is 35.5. The molecule has 3 fully saturated rings.